The van der Waals surface area contributed by atoms with Crippen molar-refractivity contribution in [2.24, 2.45) is 11.8 Å². The van der Waals surface area contributed by atoms with Crippen LogP contribution in [0.4, 0.5) is 30.7 Å². The van der Waals surface area contributed by atoms with Gasteiger partial charge in [-0.3, -0.25) is 0 Å². The minimum Gasteiger partial charge on any atom is -0.242 e. The van der Waals surface area contributed by atoms with Crippen LogP contribution in [-0.4, -0.2) is 18.5 Å². The second-order valence-electron chi connectivity index (χ2n) is 10.3. The third-order valence-electron chi connectivity index (χ3n) is 7.66. The number of halogens is 7. The highest BCUT2D eigenvalue weighted by Gasteiger charge is 2.32. The first-order chi connectivity index (χ1) is 17.5. The molecule has 0 heterocycles. The smallest absolute Gasteiger partial charge is 0.165 e. The maximum atomic E-state index is 15.0. The SMILES string of the molecule is C=C(C[C@@H](F)/C(F)=C(\C)F)C1=CC=C(/C(F)=C(\F)C2=CC=C(C3CCC(CCC)CC3)C[C@H]2F)CC1F. The van der Waals surface area contributed by atoms with Gasteiger partial charge in [0.25, 0.3) is 0 Å². The third kappa shape index (κ3) is 7.17. The largest absolute Gasteiger partial charge is 0.242 e. The molecule has 0 radical (unpaired) electrons. The highest BCUT2D eigenvalue weighted by atomic mass is 19.2. The Morgan fingerprint density at radius 2 is 1.51 bits per heavy atom. The summed E-state index contributed by atoms with van der Waals surface area (Å²) >= 11 is 0. The summed E-state index contributed by atoms with van der Waals surface area (Å²) in [6.45, 7) is 6.45. The van der Waals surface area contributed by atoms with Crippen molar-refractivity contribution < 1.29 is 30.7 Å². The van der Waals surface area contributed by atoms with E-state index in [0.717, 1.165) is 56.8 Å². The normalized spacial score (nSPS) is 28.8. The van der Waals surface area contributed by atoms with Crippen LogP contribution in [-0.2, 0) is 0 Å². The van der Waals surface area contributed by atoms with E-state index in [9.17, 15) is 30.7 Å². The quantitative estimate of drug-likeness (QED) is 0.261. The first-order valence-electron chi connectivity index (χ1n) is 13.0. The fourth-order valence-electron chi connectivity index (χ4n) is 5.50. The second kappa shape index (κ2) is 13.0. The van der Waals surface area contributed by atoms with E-state index in [1.54, 1.807) is 6.08 Å². The molecule has 0 saturated heterocycles. The molecule has 0 amide bonds. The van der Waals surface area contributed by atoms with Gasteiger partial charge >= 0.3 is 0 Å². The molecule has 1 unspecified atom stereocenters. The van der Waals surface area contributed by atoms with Crippen molar-refractivity contribution in [2.45, 2.75) is 90.1 Å². The summed E-state index contributed by atoms with van der Waals surface area (Å²) in [6, 6.07) is 0. The molecule has 3 rings (SSSR count). The van der Waals surface area contributed by atoms with Gasteiger partial charge in [-0.15, -0.1) is 0 Å². The summed E-state index contributed by atoms with van der Waals surface area (Å²) < 4.78 is 99.8. The van der Waals surface area contributed by atoms with Crippen LogP contribution in [0.15, 0.2) is 82.1 Å². The molecule has 37 heavy (non-hydrogen) atoms. The fraction of sp³-hybridized carbons (Fsp3) is 0.533. The number of alkyl halides is 3. The van der Waals surface area contributed by atoms with Crippen LogP contribution in [0.2, 0.25) is 0 Å². The molecule has 204 valence electrons. The highest BCUT2D eigenvalue weighted by Crippen LogP contribution is 2.42. The van der Waals surface area contributed by atoms with Gasteiger partial charge in [-0.1, -0.05) is 56.2 Å². The average Bonchev–Trinajstić information content (AvgIpc) is 2.87. The van der Waals surface area contributed by atoms with E-state index < -0.39 is 60.2 Å². The summed E-state index contributed by atoms with van der Waals surface area (Å²) in [5.41, 5.74) is -0.00421. The molecule has 0 nitrogen and oxygen atoms in total. The molecule has 0 spiro atoms. The highest BCUT2D eigenvalue weighted by molar-refractivity contribution is 5.49. The molecule has 3 aliphatic rings. The molecule has 0 N–H and O–H groups in total. The predicted molar refractivity (Wildman–Crippen MR) is 135 cm³/mol. The van der Waals surface area contributed by atoms with Gasteiger partial charge < -0.3 is 0 Å². The number of hydrogen-bond acceptors (Lipinski definition) is 0. The monoisotopic (exact) mass is 528 g/mol. The molecular formula is C30H35F7. The lowest BCUT2D eigenvalue weighted by Crippen LogP contribution is -2.20. The van der Waals surface area contributed by atoms with Gasteiger partial charge in [-0.25, -0.2) is 30.7 Å². The third-order valence-corrected chi connectivity index (χ3v) is 7.66. The van der Waals surface area contributed by atoms with Crippen molar-refractivity contribution in [1.82, 2.24) is 0 Å². The van der Waals surface area contributed by atoms with Crippen molar-refractivity contribution in [2.75, 3.05) is 0 Å². The van der Waals surface area contributed by atoms with Gasteiger partial charge in [0.15, 0.2) is 23.7 Å². The fourth-order valence-corrected chi connectivity index (χ4v) is 5.50. The van der Waals surface area contributed by atoms with Crippen LogP contribution in [0.25, 0.3) is 0 Å². The number of hydrogen-bond donors (Lipinski definition) is 0. The van der Waals surface area contributed by atoms with Crippen LogP contribution >= 0.6 is 0 Å². The van der Waals surface area contributed by atoms with Crippen LogP contribution in [0.5, 0.6) is 0 Å². The van der Waals surface area contributed by atoms with E-state index >= 15 is 0 Å². The van der Waals surface area contributed by atoms with E-state index in [2.05, 4.69) is 13.5 Å². The minimum atomic E-state index is -2.32. The van der Waals surface area contributed by atoms with Crippen molar-refractivity contribution in [3.8, 4) is 0 Å². The Kier molecular flexibility index (Phi) is 10.3. The van der Waals surface area contributed by atoms with E-state index in [0.29, 0.717) is 5.92 Å². The van der Waals surface area contributed by atoms with Crippen LogP contribution < -0.4 is 0 Å². The number of rotatable bonds is 9. The molecule has 0 aromatic heterocycles. The second-order valence-corrected chi connectivity index (χ2v) is 10.3. The molecule has 3 atom stereocenters. The molecule has 0 bridgehead atoms. The lowest BCUT2D eigenvalue weighted by Gasteiger charge is -2.32. The lowest BCUT2D eigenvalue weighted by molar-refractivity contribution is 0.271. The summed E-state index contributed by atoms with van der Waals surface area (Å²) in [5, 5.41) is 0. The van der Waals surface area contributed by atoms with Crippen molar-refractivity contribution in [3.05, 3.63) is 82.1 Å². The predicted octanol–water partition coefficient (Wildman–Crippen LogP) is 10.4. The van der Waals surface area contributed by atoms with Crippen molar-refractivity contribution in [3.63, 3.8) is 0 Å². The van der Waals surface area contributed by atoms with E-state index in [4.69, 9.17) is 0 Å². The van der Waals surface area contributed by atoms with Crippen LogP contribution in [0.3, 0.4) is 0 Å². The van der Waals surface area contributed by atoms with E-state index in [1.165, 1.54) is 12.5 Å². The van der Waals surface area contributed by atoms with Gasteiger partial charge in [0, 0.05) is 24.8 Å². The Morgan fingerprint density at radius 3 is 2.08 bits per heavy atom. The Balaban J connectivity index is 1.72. The zero-order valence-corrected chi connectivity index (χ0v) is 21.4. The molecule has 1 saturated carbocycles. The van der Waals surface area contributed by atoms with Gasteiger partial charge in [0.1, 0.15) is 18.2 Å². The topological polar surface area (TPSA) is 0 Å². The van der Waals surface area contributed by atoms with Gasteiger partial charge in [-0.05, 0) is 61.2 Å². The summed E-state index contributed by atoms with van der Waals surface area (Å²) in [6.07, 6.45) is 4.59. The molecule has 0 aliphatic heterocycles. The average molecular weight is 529 g/mol. The molecule has 1 fully saturated rings. The van der Waals surface area contributed by atoms with Gasteiger partial charge in [-0.2, -0.15) is 0 Å². The summed E-state index contributed by atoms with van der Waals surface area (Å²) in [5.74, 6) is -4.66. The van der Waals surface area contributed by atoms with Gasteiger partial charge in [0.2, 0.25) is 0 Å². The Bertz CT molecular complexity index is 1040. The Hall–Kier alpha value is -2.31. The molecular weight excluding hydrogens is 493 g/mol. The van der Waals surface area contributed by atoms with Crippen LogP contribution in [0, 0.1) is 11.8 Å². The van der Waals surface area contributed by atoms with Crippen LogP contribution in [0.1, 0.15) is 71.6 Å². The van der Waals surface area contributed by atoms with Gasteiger partial charge in [0.05, 0.1) is 0 Å². The zero-order chi connectivity index (χ0) is 27.3. The lowest BCUT2D eigenvalue weighted by atomic mass is 9.74. The molecule has 0 aromatic rings. The summed E-state index contributed by atoms with van der Waals surface area (Å²) in [4.78, 5) is 0. The first kappa shape index (κ1) is 29.2. The molecule has 0 aromatic carbocycles. The zero-order valence-electron chi connectivity index (χ0n) is 21.4. The standard InChI is InChI=1S/C30H35F7/c1-4-5-19-6-8-20(9-7-19)21-10-13-24(26(33)15-21)30(37)29(36)22-11-12-23(25(32)16-22)17(2)14-27(34)28(35)18(3)31/h10-13,19-20,25-27H,2,4-9,14-16H2,1,3H3/b28-18-,30-29+/t19?,20?,25?,26-,27-/m1/s1. The van der Waals surface area contributed by atoms with Crippen molar-refractivity contribution in [1.29, 1.82) is 0 Å². The molecule has 3 aliphatic carbocycles. The number of allylic oxidation sites excluding steroid dienone is 13. The van der Waals surface area contributed by atoms with Crippen molar-refractivity contribution >= 4 is 0 Å². The van der Waals surface area contributed by atoms with E-state index in [-0.39, 0.29) is 29.1 Å². The van der Waals surface area contributed by atoms with E-state index in [1.807, 2.05) is 0 Å². The Morgan fingerprint density at radius 1 is 0.892 bits per heavy atom. The first-order valence-corrected chi connectivity index (χ1v) is 13.0. The maximum Gasteiger partial charge on any atom is 0.165 e. The summed E-state index contributed by atoms with van der Waals surface area (Å²) in [7, 11) is 0. The Labute approximate surface area is 215 Å². The minimum absolute atomic E-state index is 0.0120. The molecule has 7 heteroatoms. The maximum absolute atomic E-state index is 15.0.